The van der Waals surface area contributed by atoms with E-state index in [1.165, 1.54) is 0 Å². The molecule has 1 saturated heterocycles. The quantitative estimate of drug-likeness (QED) is 0.659. The molecule has 1 aliphatic heterocycles. The van der Waals surface area contributed by atoms with Gasteiger partial charge in [0.05, 0.1) is 17.5 Å². The van der Waals surface area contributed by atoms with Crippen LogP contribution in [0, 0.1) is 12.8 Å². The maximum Gasteiger partial charge on any atom is 0.275 e. The zero-order valence-corrected chi connectivity index (χ0v) is 18.3. The number of nitrogens with zero attached hydrogens (tertiary/aromatic N) is 5. The Hall–Kier alpha value is -3.26. The molecule has 0 spiro atoms. The van der Waals surface area contributed by atoms with Crippen LogP contribution in [0.2, 0.25) is 0 Å². The molecule has 0 aliphatic carbocycles. The summed E-state index contributed by atoms with van der Waals surface area (Å²) in [5, 5.41) is 17.4. The van der Waals surface area contributed by atoms with Crippen LogP contribution in [0.4, 0.5) is 11.5 Å². The van der Waals surface area contributed by atoms with Gasteiger partial charge in [0.2, 0.25) is 0 Å². The van der Waals surface area contributed by atoms with Crippen LogP contribution in [0.5, 0.6) is 0 Å². The van der Waals surface area contributed by atoms with Gasteiger partial charge < -0.3 is 15.3 Å². The second-order valence-corrected chi connectivity index (χ2v) is 8.70. The predicted octanol–water partition coefficient (Wildman–Crippen LogP) is 3.04. The second kappa shape index (κ2) is 8.11. The monoisotopic (exact) mass is 420 g/mol. The van der Waals surface area contributed by atoms with Gasteiger partial charge in [0.15, 0.2) is 0 Å². The highest BCUT2D eigenvalue weighted by atomic mass is 16.3. The van der Waals surface area contributed by atoms with Crippen molar-refractivity contribution in [3.8, 4) is 11.3 Å². The molecule has 0 saturated carbocycles. The van der Waals surface area contributed by atoms with Crippen molar-refractivity contribution in [3.05, 3.63) is 54.1 Å². The fourth-order valence-corrected chi connectivity index (χ4v) is 3.92. The van der Waals surface area contributed by atoms with E-state index in [2.05, 4.69) is 25.3 Å². The predicted molar refractivity (Wildman–Crippen MR) is 120 cm³/mol. The highest BCUT2D eigenvalue weighted by Crippen LogP contribution is 2.31. The molecule has 8 heteroatoms. The summed E-state index contributed by atoms with van der Waals surface area (Å²) < 4.78 is 1.70. The van der Waals surface area contributed by atoms with Crippen molar-refractivity contribution in [3.63, 3.8) is 0 Å². The smallest absolute Gasteiger partial charge is 0.275 e. The van der Waals surface area contributed by atoms with E-state index in [1.54, 1.807) is 23.0 Å². The maximum atomic E-state index is 12.8. The number of rotatable bonds is 5. The molecular formula is C23H28N6O2. The van der Waals surface area contributed by atoms with Crippen LogP contribution in [0.3, 0.4) is 0 Å². The molecule has 0 unspecified atom stereocenters. The summed E-state index contributed by atoms with van der Waals surface area (Å²) in [6, 6.07) is 9.22. The minimum atomic E-state index is -0.709. The summed E-state index contributed by atoms with van der Waals surface area (Å²) in [5.41, 5.74) is 2.95. The van der Waals surface area contributed by atoms with E-state index in [4.69, 9.17) is 0 Å². The lowest BCUT2D eigenvalue weighted by atomic mass is 9.90. The molecule has 2 N–H and O–H groups in total. The minimum Gasteiger partial charge on any atom is -0.390 e. The number of carbonyl (C=O) groups is 1. The summed E-state index contributed by atoms with van der Waals surface area (Å²) >= 11 is 0. The Morgan fingerprint density at radius 2 is 2.06 bits per heavy atom. The summed E-state index contributed by atoms with van der Waals surface area (Å²) in [6.07, 6.45) is 4.50. The molecule has 31 heavy (non-hydrogen) atoms. The van der Waals surface area contributed by atoms with Crippen LogP contribution in [0.1, 0.15) is 36.5 Å². The molecule has 1 aliphatic rings. The van der Waals surface area contributed by atoms with Crippen molar-refractivity contribution >= 4 is 17.4 Å². The topological polar surface area (TPSA) is 96.2 Å². The first-order valence-electron chi connectivity index (χ1n) is 10.4. The van der Waals surface area contributed by atoms with Crippen LogP contribution >= 0.6 is 0 Å². The van der Waals surface area contributed by atoms with E-state index in [9.17, 15) is 9.90 Å². The molecule has 162 valence electrons. The number of anilines is 2. The van der Waals surface area contributed by atoms with Crippen LogP contribution in [-0.2, 0) is 7.05 Å². The summed E-state index contributed by atoms with van der Waals surface area (Å²) in [5.74, 6) is 0.379. The van der Waals surface area contributed by atoms with Gasteiger partial charge in [-0.05, 0) is 45.4 Å². The Morgan fingerprint density at radius 3 is 2.74 bits per heavy atom. The van der Waals surface area contributed by atoms with Crippen molar-refractivity contribution in [2.75, 3.05) is 23.3 Å². The lowest BCUT2D eigenvalue weighted by molar-refractivity contribution is 0.0263. The zero-order valence-electron chi connectivity index (χ0n) is 18.3. The summed E-state index contributed by atoms with van der Waals surface area (Å²) in [6.45, 7) is 7.26. The van der Waals surface area contributed by atoms with E-state index in [1.807, 2.05) is 52.2 Å². The zero-order chi connectivity index (χ0) is 22.2. The van der Waals surface area contributed by atoms with Gasteiger partial charge in [-0.15, -0.1) is 0 Å². The van der Waals surface area contributed by atoms with E-state index in [0.717, 1.165) is 36.5 Å². The lowest BCUT2D eigenvalue weighted by Gasteiger charge is -2.26. The van der Waals surface area contributed by atoms with E-state index in [0.29, 0.717) is 17.2 Å². The first-order chi connectivity index (χ1) is 14.7. The number of nitrogens with one attached hydrogen (secondary N) is 1. The molecule has 1 amide bonds. The molecule has 1 atom stereocenters. The number of pyridine rings is 2. The van der Waals surface area contributed by atoms with E-state index >= 15 is 0 Å². The Bertz CT molecular complexity index is 1100. The van der Waals surface area contributed by atoms with Gasteiger partial charge in [0.1, 0.15) is 11.5 Å². The SMILES string of the molecule is Cc1cc(N2CC[C@@H](C(C)(C)O)C2)cc(NC(=O)c2cccc(-c3cnn(C)c3)n2)n1. The largest absolute Gasteiger partial charge is 0.390 e. The standard InChI is InChI=1S/C23H28N6O2/c1-15-10-18(29-9-8-17(14-29)23(2,3)31)11-21(25-15)27-22(30)20-7-5-6-19(26-20)16-12-24-28(4)13-16/h5-7,10-13,17,31H,8-9,14H2,1-4H3,(H,25,27,30)/t17-/m1/s1. The molecule has 0 radical (unpaired) electrons. The highest BCUT2D eigenvalue weighted by molar-refractivity contribution is 6.02. The lowest BCUT2D eigenvalue weighted by Crippen LogP contribution is -2.33. The van der Waals surface area contributed by atoms with Crippen LogP contribution in [0.25, 0.3) is 11.3 Å². The normalized spacial score (nSPS) is 16.5. The third kappa shape index (κ3) is 4.74. The van der Waals surface area contributed by atoms with Crippen molar-refractivity contribution in [1.82, 2.24) is 19.7 Å². The molecule has 8 nitrogen and oxygen atoms in total. The minimum absolute atomic E-state index is 0.207. The molecule has 0 bridgehead atoms. The Labute approximate surface area is 182 Å². The molecule has 3 aromatic rings. The average Bonchev–Trinajstić information content (AvgIpc) is 3.37. The van der Waals surface area contributed by atoms with Crippen LogP contribution < -0.4 is 10.2 Å². The molecule has 0 aromatic carbocycles. The number of aromatic nitrogens is 4. The molecule has 3 aromatic heterocycles. The summed E-state index contributed by atoms with van der Waals surface area (Å²) in [4.78, 5) is 24.0. The van der Waals surface area contributed by atoms with Gasteiger partial charge in [-0.3, -0.25) is 9.48 Å². The van der Waals surface area contributed by atoms with Gasteiger partial charge in [0.25, 0.3) is 5.91 Å². The Morgan fingerprint density at radius 1 is 1.26 bits per heavy atom. The van der Waals surface area contributed by atoms with Crippen molar-refractivity contribution in [2.24, 2.45) is 13.0 Å². The van der Waals surface area contributed by atoms with Crippen molar-refractivity contribution in [1.29, 1.82) is 0 Å². The third-order valence-corrected chi connectivity index (χ3v) is 5.71. The van der Waals surface area contributed by atoms with Crippen LogP contribution in [0.15, 0.2) is 42.7 Å². The number of aryl methyl sites for hydroxylation is 2. The number of amides is 1. The van der Waals surface area contributed by atoms with Crippen LogP contribution in [-0.4, -0.2) is 49.5 Å². The van der Waals surface area contributed by atoms with Crippen molar-refractivity contribution < 1.29 is 9.90 Å². The first kappa shape index (κ1) is 21.0. The Balaban J connectivity index is 1.52. The fourth-order valence-electron chi connectivity index (χ4n) is 3.92. The highest BCUT2D eigenvalue weighted by Gasteiger charge is 2.33. The number of aliphatic hydroxyl groups is 1. The van der Waals surface area contributed by atoms with E-state index in [-0.39, 0.29) is 11.8 Å². The molecule has 4 heterocycles. The van der Waals surface area contributed by atoms with E-state index < -0.39 is 5.60 Å². The first-order valence-corrected chi connectivity index (χ1v) is 10.4. The number of hydrogen-bond acceptors (Lipinski definition) is 6. The van der Waals surface area contributed by atoms with Gasteiger partial charge in [-0.25, -0.2) is 9.97 Å². The van der Waals surface area contributed by atoms with Crippen molar-refractivity contribution in [2.45, 2.75) is 32.8 Å². The number of carbonyl (C=O) groups excluding carboxylic acids is 1. The molecule has 4 rings (SSSR count). The Kier molecular flexibility index (Phi) is 5.49. The number of hydrogen-bond donors (Lipinski definition) is 2. The molecular weight excluding hydrogens is 392 g/mol. The van der Waals surface area contributed by atoms with Gasteiger partial charge in [-0.1, -0.05) is 6.07 Å². The van der Waals surface area contributed by atoms with Gasteiger partial charge >= 0.3 is 0 Å². The fraction of sp³-hybridized carbons (Fsp3) is 0.391. The second-order valence-electron chi connectivity index (χ2n) is 8.70. The third-order valence-electron chi connectivity index (χ3n) is 5.71. The van der Waals surface area contributed by atoms with Gasteiger partial charge in [0, 0.05) is 55.3 Å². The molecule has 1 fully saturated rings. The average molecular weight is 421 g/mol. The maximum absolute atomic E-state index is 12.8. The van der Waals surface area contributed by atoms with Gasteiger partial charge in [-0.2, -0.15) is 5.10 Å². The summed E-state index contributed by atoms with van der Waals surface area (Å²) in [7, 11) is 1.84.